The fourth-order valence-electron chi connectivity index (χ4n) is 3.23. The largest absolute Gasteiger partial charge is 0.497 e. The molecule has 0 N–H and O–H groups in total. The molecule has 158 valence electrons. The van der Waals surface area contributed by atoms with Crippen molar-refractivity contribution in [2.75, 3.05) is 27.3 Å². The van der Waals surface area contributed by atoms with Crippen molar-refractivity contribution in [3.8, 4) is 11.5 Å². The number of carbonyl (C=O) groups is 2. The number of methoxy groups -OCH3 is 2. The van der Waals surface area contributed by atoms with Crippen LogP contribution in [0.2, 0.25) is 0 Å². The Balaban J connectivity index is 1.86. The molecule has 2 amide bonds. The van der Waals surface area contributed by atoms with Gasteiger partial charge >= 0.3 is 0 Å². The van der Waals surface area contributed by atoms with E-state index in [1.165, 1.54) is 43.4 Å². The lowest BCUT2D eigenvalue weighted by molar-refractivity contribution is -0.131. The number of carbonyl (C=O) groups excluding carboxylic acids is 2. The molecule has 2 aromatic carbocycles. The van der Waals surface area contributed by atoms with Gasteiger partial charge in [0.1, 0.15) is 22.9 Å². The van der Waals surface area contributed by atoms with Gasteiger partial charge in [0.25, 0.3) is 15.9 Å². The fraction of sp³-hybridized carbons (Fsp3) is 0.238. The second-order valence-corrected chi connectivity index (χ2v) is 8.38. The third-order valence-corrected chi connectivity index (χ3v) is 6.53. The molecule has 0 aliphatic carbocycles. The van der Waals surface area contributed by atoms with Crippen LogP contribution in [0.1, 0.15) is 15.9 Å². The Morgan fingerprint density at radius 1 is 1.17 bits per heavy atom. The maximum Gasteiger partial charge on any atom is 0.269 e. The Labute approximate surface area is 175 Å². The summed E-state index contributed by atoms with van der Waals surface area (Å²) in [5.74, 6) is -0.111. The topological polar surface area (TPSA) is 93.2 Å². The zero-order chi connectivity index (χ0) is 21.9. The Bertz CT molecular complexity index is 1100. The minimum atomic E-state index is -4.07. The lowest BCUT2D eigenvalue weighted by Crippen LogP contribution is -2.42. The van der Waals surface area contributed by atoms with Gasteiger partial charge in [0.15, 0.2) is 0 Å². The van der Waals surface area contributed by atoms with E-state index in [2.05, 4.69) is 6.58 Å². The number of benzene rings is 2. The molecule has 0 radical (unpaired) electrons. The smallest absolute Gasteiger partial charge is 0.269 e. The highest BCUT2D eigenvalue weighted by Gasteiger charge is 2.42. The first-order chi connectivity index (χ1) is 14.3. The van der Waals surface area contributed by atoms with Gasteiger partial charge in [-0.05, 0) is 30.3 Å². The lowest BCUT2D eigenvalue weighted by atomic mass is 10.1. The van der Waals surface area contributed by atoms with Crippen LogP contribution in [0.5, 0.6) is 11.5 Å². The SMILES string of the molecule is C=CCN(Cc1cc(OC)ccc1OC)C(=O)CN1C(=O)c2ccccc2S1(=O)=O. The summed E-state index contributed by atoms with van der Waals surface area (Å²) in [5, 5.41) is 0. The van der Waals surface area contributed by atoms with Gasteiger partial charge in [-0.3, -0.25) is 9.59 Å². The van der Waals surface area contributed by atoms with Crippen LogP contribution in [0, 0.1) is 0 Å². The first-order valence-electron chi connectivity index (χ1n) is 9.09. The van der Waals surface area contributed by atoms with E-state index < -0.39 is 28.4 Å². The maximum atomic E-state index is 13.0. The molecule has 1 aliphatic rings. The second-order valence-electron chi connectivity index (χ2n) is 6.55. The van der Waals surface area contributed by atoms with Gasteiger partial charge in [-0.25, -0.2) is 12.7 Å². The number of sulfonamides is 1. The molecule has 0 aromatic heterocycles. The van der Waals surface area contributed by atoms with Crippen molar-refractivity contribution in [1.82, 2.24) is 9.21 Å². The molecule has 1 aliphatic heterocycles. The molecule has 9 heteroatoms. The number of nitrogens with zero attached hydrogens (tertiary/aromatic N) is 2. The molecule has 30 heavy (non-hydrogen) atoms. The molecule has 0 spiro atoms. The normalized spacial score (nSPS) is 14.2. The number of hydrogen-bond donors (Lipinski definition) is 0. The highest BCUT2D eigenvalue weighted by Crippen LogP contribution is 2.30. The summed E-state index contributed by atoms with van der Waals surface area (Å²) in [5.41, 5.74) is 0.737. The van der Waals surface area contributed by atoms with Crippen LogP contribution < -0.4 is 9.47 Å². The van der Waals surface area contributed by atoms with Crippen LogP contribution in [0.25, 0.3) is 0 Å². The molecule has 2 aromatic rings. The van der Waals surface area contributed by atoms with Crippen LogP contribution in [-0.2, 0) is 21.4 Å². The van der Waals surface area contributed by atoms with Crippen LogP contribution in [0.15, 0.2) is 60.0 Å². The first-order valence-corrected chi connectivity index (χ1v) is 10.5. The van der Waals surface area contributed by atoms with Gasteiger partial charge in [-0.15, -0.1) is 6.58 Å². The Kier molecular flexibility index (Phi) is 6.12. The van der Waals surface area contributed by atoms with E-state index in [0.717, 1.165) is 0 Å². The van der Waals surface area contributed by atoms with Crippen LogP contribution in [-0.4, -0.2) is 56.7 Å². The third kappa shape index (κ3) is 3.88. The van der Waals surface area contributed by atoms with Gasteiger partial charge in [0.2, 0.25) is 5.91 Å². The van der Waals surface area contributed by atoms with Crippen LogP contribution in [0.4, 0.5) is 0 Å². The maximum absolute atomic E-state index is 13.0. The van der Waals surface area contributed by atoms with E-state index in [0.29, 0.717) is 21.4 Å². The fourth-order valence-corrected chi connectivity index (χ4v) is 4.75. The second kappa shape index (κ2) is 8.58. The van der Waals surface area contributed by atoms with Crippen molar-refractivity contribution in [3.05, 3.63) is 66.2 Å². The third-order valence-electron chi connectivity index (χ3n) is 4.74. The van der Waals surface area contributed by atoms with Crippen molar-refractivity contribution in [3.63, 3.8) is 0 Å². The lowest BCUT2D eigenvalue weighted by Gasteiger charge is -2.25. The Morgan fingerprint density at radius 3 is 2.53 bits per heavy atom. The Morgan fingerprint density at radius 2 is 1.90 bits per heavy atom. The van der Waals surface area contributed by atoms with Gasteiger partial charge in [0.05, 0.1) is 19.8 Å². The van der Waals surface area contributed by atoms with Gasteiger partial charge in [0, 0.05) is 18.7 Å². The van der Waals surface area contributed by atoms with E-state index in [-0.39, 0.29) is 23.5 Å². The molecule has 0 atom stereocenters. The Hall–Kier alpha value is -3.33. The van der Waals surface area contributed by atoms with Crippen LogP contribution in [0.3, 0.4) is 0 Å². The quantitative estimate of drug-likeness (QED) is 0.595. The molecule has 0 bridgehead atoms. The van der Waals surface area contributed by atoms with Crippen molar-refractivity contribution < 1.29 is 27.5 Å². The predicted octanol–water partition coefficient (Wildman–Crippen LogP) is 2.06. The minimum Gasteiger partial charge on any atom is -0.497 e. The first kappa shape index (κ1) is 21.4. The number of rotatable bonds is 8. The zero-order valence-electron chi connectivity index (χ0n) is 16.7. The molecular weight excluding hydrogens is 408 g/mol. The minimum absolute atomic E-state index is 0.0648. The van der Waals surface area contributed by atoms with Crippen molar-refractivity contribution in [2.24, 2.45) is 0 Å². The standard InChI is InChI=1S/C21H22N2O6S/c1-4-11-22(13-15-12-16(28-2)9-10-18(15)29-3)20(24)14-23-21(25)17-7-5-6-8-19(17)30(23,26)27/h4-10,12H,1,11,13-14H2,2-3H3. The van der Waals surface area contributed by atoms with Crippen LogP contribution >= 0.6 is 0 Å². The molecule has 3 rings (SSSR count). The number of fused-ring (bicyclic) bond motifs is 1. The van der Waals surface area contributed by atoms with E-state index in [9.17, 15) is 18.0 Å². The van der Waals surface area contributed by atoms with E-state index in [1.54, 1.807) is 24.3 Å². The summed E-state index contributed by atoms with van der Waals surface area (Å²) in [7, 11) is -1.03. The molecule has 1 heterocycles. The van der Waals surface area contributed by atoms with Gasteiger partial charge in [-0.2, -0.15) is 0 Å². The predicted molar refractivity (Wildman–Crippen MR) is 110 cm³/mol. The molecule has 0 unspecified atom stereocenters. The van der Waals surface area contributed by atoms with Gasteiger partial charge in [-0.1, -0.05) is 18.2 Å². The average molecular weight is 430 g/mol. The molecule has 8 nitrogen and oxygen atoms in total. The van der Waals surface area contributed by atoms with E-state index in [1.807, 2.05) is 0 Å². The number of amides is 2. The summed E-state index contributed by atoms with van der Waals surface area (Å²) < 4.78 is 36.7. The van der Waals surface area contributed by atoms with Gasteiger partial charge < -0.3 is 14.4 Å². The molecule has 0 saturated carbocycles. The number of ether oxygens (including phenoxy) is 2. The number of hydrogen-bond acceptors (Lipinski definition) is 6. The highest BCUT2D eigenvalue weighted by atomic mass is 32.2. The molecular formula is C21H22N2O6S. The van der Waals surface area contributed by atoms with Crippen molar-refractivity contribution in [1.29, 1.82) is 0 Å². The van der Waals surface area contributed by atoms with E-state index >= 15 is 0 Å². The van der Waals surface area contributed by atoms with Crippen molar-refractivity contribution in [2.45, 2.75) is 11.4 Å². The summed E-state index contributed by atoms with van der Waals surface area (Å²) in [6.45, 7) is 3.34. The van der Waals surface area contributed by atoms with Crippen molar-refractivity contribution >= 4 is 21.8 Å². The monoisotopic (exact) mass is 430 g/mol. The summed E-state index contributed by atoms with van der Waals surface area (Å²) in [4.78, 5) is 26.9. The molecule has 0 saturated heterocycles. The summed E-state index contributed by atoms with van der Waals surface area (Å²) in [6.07, 6.45) is 1.53. The average Bonchev–Trinajstić information content (AvgIpc) is 2.94. The summed E-state index contributed by atoms with van der Waals surface area (Å²) >= 11 is 0. The zero-order valence-corrected chi connectivity index (χ0v) is 17.5. The molecule has 0 fully saturated rings. The summed E-state index contributed by atoms with van der Waals surface area (Å²) in [6, 6.07) is 11.1. The van der Waals surface area contributed by atoms with E-state index in [4.69, 9.17) is 9.47 Å². The highest BCUT2D eigenvalue weighted by molar-refractivity contribution is 7.90.